The van der Waals surface area contributed by atoms with Crippen LogP contribution in [0.1, 0.15) is 18.9 Å². The van der Waals surface area contributed by atoms with Gasteiger partial charge in [0.1, 0.15) is 5.75 Å². The van der Waals surface area contributed by atoms with Crippen LogP contribution in [0.5, 0.6) is 5.75 Å². The van der Waals surface area contributed by atoms with Gasteiger partial charge in [-0.3, -0.25) is 4.79 Å². The molecule has 4 nitrogen and oxygen atoms in total. The lowest BCUT2D eigenvalue weighted by Crippen LogP contribution is -2.30. The maximum atomic E-state index is 11.8. The van der Waals surface area contributed by atoms with Gasteiger partial charge in [-0.05, 0) is 36.6 Å². The molecule has 0 spiro atoms. The smallest absolute Gasteiger partial charge is 0.257 e. The molecule has 0 bridgehead atoms. The van der Waals surface area contributed by atoms with E-state index < -0.39 is 0 Å². The molecule has 2 N–H and O–H groups in total. The fraction of sp³-hybridized carbons (Fsp3) is 0.316. The van der Waals surface area contributed by atoms with E-state index in [-0.39, 0.29) is 12.5 Å². The Morgan fingerprint density at radius 2 is 1.74 bits per heavy atom. The van der Waals surface area contributed by atoms with E-state index in [1.165, 1.54) is 0 Å². The van der Waals surface area contributed by atoms with Crippen LogP contribution < -0.4 is 15.4 Å². The summed E-state index contributed by atoms with van der Waals surface area (Å²) in [7, 11) is 0. The van der Waals surface area contributed by atoms with E-state index in [9.17, 15) is 4.79 Å². The molecule has 2 aromatic rings. The number of hydrogen-bond acceptors (Lipinski definition) is 3. The van der Waals surface area contributed by atoms with Crippen LogP contribution in [0.25, 0.3) is 0 Å². The van der Waals surface area contributed by atoms with Crippen LogP contribution in [0.2, 0.25) is 0 Å². The fourth-order valence-electron chi connectivity index (χ4n) is 2.24. The summed E-state index contributed by atoms with van der Waals surface area (Å²) in [5.74, 6) is 0.700. The van der Waals surface area contributed by atoms with Gasteiger partial charge < -0.3 is 15.4 Å². The summed E-state index contributed by atoms with van der Waals surface area (Å²) in [5, 5.41) is 6.18. The number of hydrogen-bond donors (Lipinski definition) is 2. The van der Waals surface area contributed by atoms with E-state index in [2.05, 4.69) is 17.6 Å². The lowest BCUT2D eigenvalue weighted by Gasteiger charge is -2.11. The number of para-hydroxylation sites is 2. The monoisotopic (exact) mass is 312 g/mol. The highest BCUT2D eigenvalue weighted by Crippen LogP contribution is 2.17. The van der Waals surface area contributed by atoms with Crippen molar-refractivity contribution in [2.45, 2.75) is 19.8 Å². The first-order chi connectivity index (χ1) is 11.3. The van der Waals surface area contributed by atoms with Gasteiger partial charge in [0.15, 0.2) is 6.61 Å². The van der Waals surface area contributed by atoms with Gasteiger partial charge in [-0.15, -0.1) is 0 Å². The molecular weight excluding hydrogens is 288 g/mol. The summed E-state index contributed by atoms with van der Waals surface area (Å²) in [4.78, 5) is 11.8. The van der Waals surface area contributed by atoms with Crippen molar-refractivity contribution < 1.29 is 9.53 Å². The minimum Gasteiger partial charge on any atom is -0.483 e. The van der Waals surface area contributed by atoms with Crippen molar-refractivity contribution in [3.8, 4) is 5.75 Å². The van der Waals surface area contributed by atoms with Gasteiger partial charge in [0.2, 0.25) is 0 Å². The second kappa shape index (κ2) is 9.51. The molecule has 0 aliphatic carbocycles. The average molecular weight is 312 g/mol. The number of carbonyl (C=O) groups excluding carboxylic acids is 1. The molecule has 0 heterocycles. The van der Waals surface area contributed by atoms with E-state index in [0.29, 0.717) is 6.54 Å². The second-order valence-electron chi connectivity index (χ2n) is 5.25. The first kappa shape index (κ1) is 16.9. The zero-order chi connectivity index (χ0) is 16.3. The molecule has 1 amide bonds. The third-order valence-electron chi connectivity index (χ3n) is 3.49. The zero-order valence-corrected chi connectivity index (χ0v) is 13.5. The summed E-state index contributed by atoms with van der Waals surface area (Å²) < 4.78 is 5.59. The fourth-order valence-corrected chi connectivity index (χ4v) is 2.24. The zero-order valence-electron chi connectivity index (χ0n) is 13.5. The van der Waals surface area contributed by atoms with Crippen molar-refractivity contribution >= 4 is 11.6 Å². The summed E-state index contributed by atoms with van der Waals surface area (Å²) in [6, 6.07) is 17.8. The molecule has 2 aromatic carbocycles. The van der Waals surface area contributed by atoms with Gasteiger partial charge in [0.05, 0.1) is 0 Å². The highest BCUT2D eigenvalue weighted by atomic mass is 16.5. The summed E-state index contributed by atoms with van der Waals surface area (Å²) in [6.07, 6.45) is 1.76. The lowest BCUT2D eigenvalue weighted by molar-refractivity contribution is -0.123. The van der Waals surface area contributed by atoms with Crippen LogP contribution in [0.15, 0.2) is 54.6 Å². The standard InChI is InChI=1S/C19H24N2O2/c1-2-16-9-6-7-12-18(16)23-15-19(22)21-14-8-13-20-17-10-4-3-5-11-17/h3-7,9-12,20H,2,8,13-15H2,1H3,(H,21,22). The molecule has 0 radical (unpaired) electrons. The maximum Gasteiger partial charge on any atom is 0.257 e. The first-order valence-corrected chi connectivity index (χ1v) is 8.06. The van der Waals surface area contributed by atoms with Gasteiger partial charge in [-0.25, -0.2) is 0 Å². The Bertz CT molecular complexity index is 599. The van der Waals surface area contributed by atoms with Gasteiger partial charge in [0, 0.05) is 18.8 Å². The molecule has 4 heteroatoms. The van der Waals surface area contributed by atoms with Gasteiger partial charge >= 0.3 is 0 Å². The molecule has 122 valence electrons. The first-order valence-electron chi connectivity index (χ1n) is 8.06. The molecule has 2 rings (SSSR count). The van der Waals surface area contributed by atoms with Crippen LogP contribution in [0.3, 0.4) is 0 Å². The van der Waals surface area contributed by atoms with Gasteiger partial charge in [-0.2, -0.15) is 0 Å². The van der Waals surface area contributed by atoms with E-state index in [1.807, 2.05) is 54.6 Å². The summed E-state index contributed by atoms with van der Waals surface area (Å²) in [6.45, 7) is 3.59. The van der Waals surface area contributed by atoms with Crippen LogP contribution >= 0.6 is 0 Å². The Balaban J connectivity index is 1.60. The Morgan fingerprint density at radius 1 is 1.00 bits per heavy atom. The van der Waals surface area contributed by atoms with Gasteiger partial charge in [-0.1, -0.05) is 43.3 Å². The van der Waals surface area contributed by atoms with Crippen LogP contribution in [-0.2, 0) is 11.2 Å². The molecule has 0 aromatic heterocycles. The van der Waals surface area contributed by atoms with Crippen LogP contribution in [0.4, 0.5) is 5.69 Å². The third-order valence-corrected chi connectivity index (χ3v) is 3.49. The highest BCUT2D eigenvalue weighted by molar-refractivity contribution is 5.77. The topological polar surface area (TPSA) is 50.4 Å². The molecule has 0 saturated carbocycles. The third kappa shape index (κ3) is 6.02. The number of anilines is 1. The largest absolute Gasteiger partial charge is 0.483 e. The van der Waals surface area contributed by atoms with E-state index >= 15 is 0 Å². The number of nitrogens with one attached hydrogen (secondary N) is 2. The second-order valence-corrected chi connectivity index (χ2v) is 5.25. The number of rotatable bonds is 9. The predicted octanol–water partition coefficient (Wildman–Crippen LogP) is 3.25. The number of aryl methyl sites for hydroxylation is 1. The van der Waals surface area contributed by atoms with Crippen molar-refractivity contribution in [2.24, 2.45) is 0 Å². The van der Waals surface area contributed by atoms with Crippen LogP contribution in [-0.4, -0.2) is 25.6 Å². The molecule has 0 fully saturated rings. The molecule has 0 saturated heterocycles. The molecule has 0 unspecified atom stereocenters. The molecule has 0 aliphatic rings. The van der Waals surface area contributed by atoms with Gasteiger partial charge in [0.25, 0.3) is 5.91 Å². The van der Waals surface area contributed by atoms with Crippen molar-refractivity contribution in [3.63, 3.8) is 0 Å². The molecular formula is C19H24N2O2. The van der Waals surface area contributed by atoms with E-state index in [0.717, 1.165) is 36.4 Å². The van der Waals surface area contributed by atoms with E-state index in [1.54, 1.807) is 0 Å². The summed E-state index contributed by atoms with van der Waals surface area (Å²) in [5.41, 5.74) is 2.21. The molecule has 23 heavy (non-hydrogen) atoms. The number of ether oxygens (including phenoxy) is 1. The minimum atomic E-state index is -0.0874. The molecule has 0 aliphatic heterocycles. The Hall–Kier alpha value is -2.49. The highest BCUT2D eigenvalue weighted by Gasteiger charge is 2.05. The quantitative estimate of drug-likeness (QED) is 0.699. The Kier molecular flexibility index (Phi) is 6.98. The number of benzene rings is 2. The van der Waals surface area contributed by atoms with Crippen molar-refractivity contribution in [3.05, 3.63) is 60.2 Å². The normalized spacial score (nSPS) is 10.1. The summed E-state index contributed by atoms with van der Waals surface area (Å²) >= 11 is 0. The Morgan fingerprint density at radius 3 is 2.52 bits per heavy atom. The van der Waals surface area contributed by atoms with Crippen molar-refractivity contribution in [2.75, 3.05) is 25.0 Å². The average Bonchev–Trinajstić information content (AvgIpc) is 2.60. The molecule has 0 atom stereocenters. The van der Waals surface area contributed by atoms with Crippen LogP contribution in [0, 0.1) is 0 Å². The maximum absolute atomic E-state index is 11.8. The lowest BCUT2D eigenvalue weighted by atomic mass is 10.1. The SMILES string of the molecule is CCc1ccccc1OCC(=O)NCCCNc1ccccc1. The van der Waals surface area contributed by atoms with Crippen molar-refractivity contribution in [1.82, 2.24) is 5.32 Å². The number of carbonyl (C=O) groups is 1. The van der Waals surface area contributed by atoms with E-state index in [4.69, 9.17) is 4.74 Å². The number of amides is 1. The van der Waals surface area contributed by atoms with Crippen molar-refractivity contribution in [1.29, 1.82) is 0 Å². The Labute approximate surface area is 137 Å². The predicted molar refractivity (Wildman–Crippen MR) is 93.9 cm³/mol. The minimum absolute atomic E-state index is 0.0587.